The van der Waals surface area contributed by atoms with Crippen LogP contribution in [0.25, 0.3) is 0 Å². The minimum atomic E-state index is -0.981. The second kappa shape index (κ2) is 14.9. The Hall–Kier alpha value is -4.91. The van der Waals surface area contributed by atoms with Crippen LogP contribution < -0.4 is 10.6 Å². The lowest BCUT2D eigenvalue weighted by Gasteiger charge is -2.23. The van der Waals surface area contributed by atoms with Crippen molar-refractivity contribution in [1.29, 1.82) is 0 Å². The molecule has 0 saturated carbocycles. The van der Waals surface area contributed by atoms with Gasteiger partial charge in [-0.2, -0.15) is 0 Å². The Morgan fingerprint density at radius 3 is 1.38 bits per heavy atom. The molecule has 0 fully saturated rings. The van der Waals surface area contributed by atoms with E-state index in [1.165, 1.54) is 0 Å². The number of nitrogens with one attached hydrogen (secondary N) is 2. The summed E-state index contributed by atoms with van der Waals surface area (Å²) in [6, 6.07) is 35.4. The molecular formula is C33H32N2O5. The maximum atomic E-state index is 13.5. The van der Waals surface area contributed by atoms with Gasteiger partial charge in [0, 0.05) is 12.8 Å². The van der Waals surface area contributed by atoms with Crippen molar-refractivity contribution in [3.63, 3.8) is 0 Å². The van der Waals surface area contributed by atoms with Crippen LogP contribution in [0.2, 0.25) is 0 Å². The van der Waals surface area contributed by atoms with E-state index in [2.05, 4.69) is 10.6 Å². The van der Waals surface area contributed by atoms with Gasteiger partial charge in [0.05, 0.1) is 0 Å². The topological polar surface area (TPSA) is 93.7 Å². The van der Waals surface area contributed by atoms with Crippen LogP contribution in [0.15, 0.2) is 121 Å². The first kappa shape index (κ1) is 28.1. The van der Waals surface area contributed by atoms with Gasteiger partial charge in [-0.25, -0.2) is 9.59 Å². The van der Waals surface area contributed by atoms with Crippen molar-refractivity contribution in [3.8, 4) is 0 Å². The zero-order valence-electron chi connectivity index (χ0n) is 22.1. The monoisotopic (exact) mass is 536 g/mol. The molecule has 0 aromatic heterocycles. The van der Waals surface area contributed by atoms with Crippen molar-refractivity contribution in [2.75, 3.05) is 0 Å². The number of esters is 1. The molecule has 4 rings (SSSR count). The molecule has 40 heavy (non-hydrogen) atoms. The van der Waals surface area contributed by atoms with Gasteiger partial charge in [-0.15, -0.1) is 0 Å². The van der Waals surface area contributed by atoms with Gasteiger partial charge in [-0.1, -0.05) is 121 Å². The highest BCUT2D eigenvalue weighted by Crippen LogP contribution is 2.10. The van der Waals surface area contributed by atoms with Gasteiger partial charge in [0.1, 0.15) is 25.3 Å². The van der Waals surface area contributed by atoms with E-state index in [4.69, 9.17) is 9.47 Å². The maximum absolute atomic E-state index is 13.5. The number of amides is 2. The fourth-order valence-electron chi connectivity index (χ4n) is 4.11. The van der Waals surface area contributed by atoms with Gasteiger partial charge < -0.3 is 20.1 Å². The molecule has 0 unspecified atom stereocenters. The fraction of sp³-hybridized carbons (Fsp3) is 0.182. The third-order valence-corrected chi connectivity index (χ3v) is 6.21. The van der Waals surface area contributed by atoms with Crippen LogP contribution in [-0.2, 0) is 45.1 Å². The van der Waals surface area contributed by atoms with Gasteiger partial charge in [0.25, 0.3) is 0 Å². The molecule has 0 aliphatic heterocycles. The van der Waals surface area contributed by atoms with E-state index in [-0.39, 0.29) is 26.1 Å². The molecule has 0 bridgehead atoms. The van der Waals surface area contributed by atoms with E-state index >= 15 is 0 Å². The first-order valence-corrected chi connectivity index (χ1v) is 13.1. The summed E-state index contributed by atoms with van der Waals surface area (Å²) in [4.78, 5) is 39.4. The van der Waals surface area contributed by atoms with E-state index in [1.807, 2.05) is 121 Å². The number of hydrogen-bond donors (Lipinski definition) is 2. The lowest BCUT2D eigenvalue weighted by atomic mass is 10.0. The second-order valence-corrected chi connectivity index (χ2v) is 9.29. The number of carbonyl (C=O) groups is 3. The van der Waals surface area contributed by atoms with Crippen LogP contribution in [-0.4, -0.2) is 30.1 Å². The highest BCUT2D eigenvalue weighted by Gasteiger charge is 2.28. The van der Waals surface area contributed by atoms with Crippen molar-refractivity contribution >= 4 is 18.0 Å². The van der Waals surface area contributed by atoms with Gasteiger partial charge in [0.2, 0.25) is 5.91 Å². The minimum absolute atomic E-state index is 0.0643. The van der Waals surface area contributed by atoms with Crippen molar-refractivity contribution in [2.45, 2.75) is 38.1 Å². The molecule has 7 heteroatoms. The minimum Gasteiger partial charge on any atom is -0.459 e. The number of rotatable bonds is 12. The zero-order chi connectivity index (χ0) is 28.0. The van der Waals surface area contributed by atoms with Gasteiger partial charge in [0.15, 0.2) is 0 Å². The highest BCUT2D eigenvalue weighted by atomic mass is 16.5. The van der Waals surface area contributed by atoms with Crippen LogP contribution in [0.3, 0.4) is 0 Å². The number of carbonyl (C=O) groups excluding carboxylic acids is 3. The molecule has 2 amide bonds. The lowest BCUT2D eigenvalue weighted by Crippen LogP contribution is -2.53. The quantitative estimate of drug-likeness (QED) is 0.249. The first-order valence-electron chi connectivity index (χ1n) is 13.1. The van der Waals surface area contributed by atoms with Crippen LogP contribution in [0.4, 0.5) is 4.79 Å². The molecule has 0 radical (unpaired) electrons. The summed E-state index contributed by atoms with van der Waals surface area (Å²) in [5.74, 6) is -1.08. The van der Waals surface area contributed by atoms with Crippen molar-refractivity contribution in [1.82, 2.24) is 10.6 Å². The highest BCUT2D eigenvalue weighted by molar-refractivity contribution is 5.90. The number of alkyl carbamates (subject to hydrolysis) is 1. The van der Waals surface area contributed by atoms with Gasteiger partial charge in [-0.05, 0) is 22.3 Å². The Morgan fingerprint density at radius 1 is 0.500 bits per heavy atom. The molecule has 4 aromatic rings. The molecule has 204 valence electrons. The van der Waals surface area contributed by atoms with Crippen LogP contribution >= 0.6 is 0 Å². The average molecular weight is 537 g/mol. The predicted molar refractivity (Wildman–Crippen MR) is 152 cm³/mol. The summed E-state index contributed by atoms with van der Waals surface area (Å²) in [5.41, 5.74) is 3.37. The van der Waals surface area contributed by atoms with Crippen molar-refractivity contribution in [3.05, 3.63) is 144 Å². The lowest BCUT2D eigenvalue weighted by molar-refractivity contribution is -0.149. The standard InChI is InChI=1S/C33H32N2O5/c36-31(29(21-25-13-5-1-6-14-25)35-33(38)40-24-28-19-11-4-12-20-28)34-30(22-26-15-7-2-8-16-26)32(37)39-23-27-17-9-3-10-18-27/h1-20,29-30H,21-24H2,(H,34,36)(H,35,38)/t29-,30+/m1/s1. The second-order valence-electron chi connectivity index (χ2n) is 9.29. The smallest absolute Gasteiger partial charge is 0.408 e. The van der Waals surface area contributed by atoms with Crippen molar-refractivity contribution < 1.29 is 23.9 Å². The Bertz CT molecular complexity index is 1350. The molecule has 7 nitrogen and oxygen atoms in total. The molecule has 2 N–H and O–H groups in total. The van der Waals surface area contributed by atoms with E-state index in [9.17, 15) is 14.4 Å². The Balaban J connectivity index is 1.46. The Labute approximate surface area is 234 Å². The summed E-state index contributed by atoms with van der Waals surface area (Å²) in [6.07, 6.45) is -0.285. The number of ether oxygens (including phenoxy) is 2. The van der Waals surface area contributed by atoms with Crippen LogP contribution in [0, 0.1) is 0 Å². The third kappa shape index (κ3) is 9.13. The van der Waals surface area contributed by atoms with Gasteiger partial charge >= 0.3 is 12.1 Å². The fourth-order valence-corrected chi connectivity index (χ4v) is 4.11. The van der Waals surface area contributed by atoms with E-state index in [0.29, 0.717) is 0 Å². The normalized spacial score (nSPS) is 12.0. The summed E-state index contributed by atoms with van der Waals surface area (Å²) >= 11 is 0. The molecule has 0 saturated heterocycles. The first-order chi connectivity index (χ1) is 19.6. The molecule has 0 aliphatic rings. The zero-order valence-corrected chi connectivity index (χ0v) is 22.1. The predicted octanol–water partition coefficient (Wildman–Crippen LogP) is 5.00. The molecule has 2 atom stereocenters. The van der Waals surface area contributed by atoms with E-state index in [1.54, 1.807) is 0 Å². The molecule has 0 heterocycles. The molecular weight excluding hydrogens is 504 g/mol. The summed E-state index contributed by atoms with van der Waals surface area (Å²) in [6.45, 7) is 0.146. The third-order valence-electron chi connectivity index (χ3n) is 6.21. The van der Waals surface area contributed by atoms with Gasteiger partial charge in [-0.3, -0.25) is 4.79 Å². The van der Waals surface area contributed by atoms with Crippen LogP contribution in [0.1, 0.15) is 22.3 Å². The van der Waals surface area contributed by atoms with E-state index < -0.39 is 30.1 Å². The average Bonchev–Trinajstić information content (AvgIpc) is 3.00. The Morgan fingerprint density at radius 2 is 0.900 bits per heavy atom. The molecule has 0 aliphatic carbocycles. The summed E-state index contributed by atoms with van der Waals surface area (Å²) in [7, 11) is 0. The van der Waals surface area contributed by atoms with Crippen molar-refractivity contribution in [2.24, 2.45) is 0 Å². The Kier molecular flexibility index (Phi) is 10.5. The molecule has 4 aromatic carbocycles. The summed E-state index contributed by atoms with van der Waals surface area (Å²) in [5, 5.41) is 5.49. The largest absolute Gasteiger partial charge is 0.459 e. The van der Waals surface area contributed by atoms with E-state index in [0.717, 1.165) is 22.3 Å². The maximum Gasteiger partial charge on any atom is 0.408 e. The summed E-state index contributed by atoms with van der Waals surface area (Å²) < 4.78 is 10.9. The van der Waals surface area contributed by atoms with Crippen LogP contribution in [0.5, 0.6) is 0 Å². The SMILES string of the molecule is O=C(N[C@H](Cc1ccccc1)C(=O)N[C@@H](Cc1ccccc1)C(=O)OCc1ccccc1)OCc1ccccc1. The molecule has 0 spiro atoms. The number of hydrogen-bond acceptors (Lipinski definition) is 5. The number of benzene rings is 4.